The molecule has 0 atom stereocenters. The summed E-state index contributed by atoms with van der Waals surface area (Å²) < 4.78 is 15.5. The summed E-state index contributed by atoms with van der Waals surface area (Å²) in [5.41, 5.74) is 6.03. The molecule has 1 aliphatic heterocycles. The van der Waals surface area contributed by atoms with E-state index in [0.29, 0.717) is 22.6 Å². The number of thiophene rings is 1. The van der Waals surface area contributed by atoms with Gasteiger partial charge in [-0.3, -0.25) is 9.59 Å². The Morgan fingerprint density at radius 3 is 2.73 bits per heavy atom. The van der Waals surface area contributed by atoms with Crippen LogP contribution < -0.4 is 20.5 Å². The first kappa shape index (κ1) is 20.9. The second kappa shape index (κ2) is 8.67. The zero-order chi connectivity index (χ0) is 21.8. The molecule has 0 saturated heterocycles. The number of primary amides is 1. The third kappa shape index (κ3) is 4.11. The summed E-state index contributed by atoms with van der Waals surface area (Å²) in [5, 5.41) is 12.0. The second-order valence-corrected chi connectivity index (χ2v) is 7.10. The van der Waals surface area contributed by atoms with Crippen molar-refractivity contribution in [2.45, 2.75) is 13.8 Å². The SMILES string of the molecule is CCOC(=O)c1c(NC(=O)C(C#N)=Cc2ccc3c(c2)OCO3)sc(C(N)=O)c1C. The lowest BCUT2D eigenvalue weighted by Crippen LogP contribution is -2.16. The van der Waals surface area contributed by atoms with Crippen LogP contribution in [0.4, 0.5) is 5.00 Å². The number of hydrogen-bond donors (Lipinski definition) is 2. The lowest BCUT2D eigenvalue weighted by Gasteiger charge is -2.07. The normalized spacial score (nSPS) is 12.2. The minimum Gasteiger partial charge on any atom is -0.462 e. The van der Waals surface area contributed by atoms with Crippen molar-refractivity contribution in [1.29, 1.82) is 5.26 Å². The van der Waals surface area contributed by atoms with E-state index in [1.54, 1.807) is 25.1 Å². The number of carbonyl (C=O) groups is 3. The van der Waals surface area contributed by atoms with Crippen LogP contribution in [-0.4, -0.2) is 31.2 Å². The third-order valence-electron chi connectivity index (χ3n) is 4.15. The van der Waals surface area contributed by atoms with Crippen molar-refractivity contribution in [3.8, 4) is 17.6 Å². The van der Waals surface area contributed by atoms with E-state index < -0.39 is 17.8 Å². The van der Waals surface area contributed by atoms with Gasteiger partial charge < -0.3 is 25.3 Å². The average molecular weight is 427 g/mol. The van der Waals surface area contributed by atoms with E-state index in [-0.39, 0.29) is 34.4 Å². The number of nitrogens with two attached hydrogens (primary N) is 1. The number of nitrogens with one attached hydrogen (secondary N) is 1. The van der Waals surface area contributed by atoms with Crippen molar-refractivity contribution in [2.75, 3.05) is 18.7 Å². The van der Waals surface area contributed by atoms with Gasteiger partial charge in [0, 0.05) is 0 Å². The molecule has 0 bridgehead atoms. The van der Waals surface area contributed by atoms with Crippen LogP contribution in [0.2, 0.25) is 0 Å². The van der Waals surface area contributed by atoms with Crippen LogP contribution in [0.3, 0.4) is 0 Å². The van der Waals surface area contributed by atoms with Gasteiger partial charge in [-0.15, -0.1) is 11.3 Å². The Bertz CT molecular complexity index is 1110. The second-order valence-electron chi connectivity index (χ2n) is 6.08. The van der Waals surface area contributed by atoms with Crippen LogP contribution in [0.1, 0.15) is 38.1 Å². The maximum Gasteiger partial charge on any atom is 0.341 e. The minimum absolute atomic E-state index is 0.0318. The molecule has 1 aliphatic rings. The molecule has 0 radical (unpaired) electrons. The molecule has 2 aromatic rings. The van der Waals surface area contributed by atoms with Crippen molar-refractivity contribution in [3.05, 3.63) is 45.3 Å². The fraction of sp³-hybridized carbons (Fsp3) is 0.200. The molecule has 0 aliphatic carbocycles. The Labute approximate surface area is 175 Å². The molecule has 0 unspecified atom stereocenters. The summed E-state index contributed by atoms with van der Waals surface area (Å²) in [6.07, 6.45) is 1.37. The number of benzene rings is 1. The highest BCUT2D eigenvalue weighted by Gasteiger charge is 2.26. The van der Waals surface area contributed by atoms with Crippen LogP contribution in [0.15, 0.2) is 23.8 Å². The molecule has 154 valence electrons. The lowest BCUT2D eigenvalue weighted by atomic mass is 10.1. The summed E-state index contributed by atoms with van der Waals surface area (Å²) in [5.74, 6) is -1.11. The Kier molecular flexibility index (Phi) is 6.03. The average Bonchev–Trinajstić information content (AvgIpc) is 3.29. The van der Waals surface area contributed by atoms with Gasteiger partial charge in [0.2, 0.25) is 6.79 Å². The zero-order valence-corrected chi connectivity index (χ0v) is 16.9. The van der Waals surface area contributed by atoms with Gasteiger partial charge in [-0.2, -0.15) is 5.26 Å². The fourth-order valence-corrected chi connectivity index (χ4v) is 3.82. The molecule has 3 rings (SSSR count). The van der Waals surface area contributed by atoms with E-state index in [4.69, 9.17) is 19.9 Å². The standard InChI is InChI=1S/C20H17N3O6S/c1-3-27-20(26)15-10(2)16(17(22)24)30-19(15)23-18(25)12(8-21)6-11-4-5-13-14(7-11)29-9-28-13/h4-7H,3,9H2,1-2H3,(H2,22,24)(H,23,25). The maximum absolute atomic E-state index is 12.7. The number of rotatable bonds is 6. The quantitative estimate of drug-likeness (QED) is 0.410. The highest BCUT2D eigenvalue weighted by Crippen LogP contribution is 2.35. The van der Waals surface area contributed by atoms with Gasteiger partial charge in [0.25, 0.3) is 11.8 Å². The lowest BCUT2D eigenvalue weighted by molar-refractivity contribution is -0.112. The van der Waals surface area contributed by atoms with Crippen LogP contribution in [0.5, 0.6) is 11.5 Å². The first-order valence-corrected chi connectivity index (χ1v) is 9.60. The molecule has 1 aromatic carbocycles. The van der Waals surface area contributed by atoms with E-state index in [2.05, 4.69) is 5.32 Å². The molecule has 3 N–H and O–H groups in total. The van der Waals surface area contributed by atoms with Gasteiger partial charge in [0.15, 0.2) is 11.5 Å². The Morgan fingerprint density at radius 1 is 1.33 bits per heavy atom. The molecule has 0 spiro atoms. The van der Waals surface area contributed by atoms with Gasteiger partial charge in [-0.1, -0.05) is 6.07 Å². The molecule has 30 heavy (non-hydrogen) atoms. The van der Waals surface area contributed by atoms with Crippen LogP contribution in [0, 0.1) is 18.3 Å². The number of anilines is 1. The molecule has 0 saturated carbocycles. The van der Waals surface area contributed by atoms with E-state index in [0.717, 1.165) is 11.3 Å². The predicted molar refractivity (Wildman–Crippen MR) is 108 cm³/mol. The minimum atomic E-state index is -0.752. The van der Waals surface area contributed by atoms with Gasteiger partial charge in [0.05, 0.1) is 17.0 Å². The fourth-order valence-electron chi connectivity index (χ4n) is 2.77. The number of nitrogens with zero attached hydrogens (tertiary/aromatic N) is 1. The van der Waals surface area contributed by atoms with Crippen LogP contribution in [-0.2, 0) is 9.53 Å². The summed E-state index contributed by atoms with van der Waals surface area (Å²) >= 11 is 0.847. The first-order chi connectivity index (χ1) is 14.3. The van der Waals surface area contributed by atoms with E-state index >= 15 is 0 Å². The van der Waals surface area contributed by atoms with Crippen LogP contribution >= 0.6 is 11.3 Å². The number of ether oxygens (including phenoxy) is 3. The summed E-state index contributed by atoms with van der Waals surface area (Å²) in [6, 6.07) is 6.80. The van der Waals surface area contributed by atoms with E-state index in [9.17, 15) is 19.6 Å². The first-order valence-electron chi connectivity index (χ1n) is 8.78. The highest BCUT2D eigenvalue weighted by molar-refractivity contribution is 7.18. The van der Waals surface area contributed by atoms with Crippen molar-refractivity contribution in [3.63, 3.8) is 0 Å². The molecule has 2 heterocycles. The molecule has 0 fully saturated rings. The number of amides is 2. The Hall–Kier alpha value is -3.84. The van der Waals surface area contributed by atoms with Crippen molar-refractivity contribution < 1.29 is 28.6 Å². The van der Waals surface area contributed by atoms with Crippen LogP contribution in [0.25, 0.3) is 6.08 Å². The molecule has 9 nitrogen and oxygen atoms in total. The monoisotopic (exact) mass is 427 g/mol. The maximum atomic E-state index is 12.7. The number of esters is 1. The van der Waals surface area contributed by atoms with Crippen molar-refractivity contribution >= 4 is 40.2 Å². The van der Waals surface area contributed by atoms with Gasteiger partial charge in [0.1, 0.15) is 16.6 Å². The number of fused-ring (bicyclic) bond motifs is 1. The van der Waals surface area contributed by atoms with Gasteiger partial charge in [-0.05, 0) is 43.2 Å². The molecule has 1 aromatic heterocycles. The number of hydrogen-bond acceptors (Lipinski definition) is 8. The smallest absolute Gasteiger partial charge is 0.341 e. The molecule has 10 heteroatoms. The van der Waals surface area contributed by atoms with E-state index in [1.165, 1.54) is 13.0 Å². The van der Waals surface area contributed by atoms with Gasteiger partial charge >= 0.3 is 5.97 Å². The van der Waals surface area contributed by atoms with Crippen molar-refractivity contribution in [1.82, 2.24) is 0 Å². The predicted octanol–water partition coefficient (Wildman–Crippen LogP) is 2.61. The Morgan fingerprint density at radius 2 is 2.07 bits per heavy atom. The molecular formula is C20H17N3O6S. The largest absolute Gasteiger partial charge is 0.462 e. The number of nitriles is 1. The Balaban J connectivity index is 1.92. The molecular weight excluding hydrogens is 410 g/mol. The van der Waals surface area contributed by atoms with Gasteiger partial charge in [-0.25, -0.2) is 4.79 Å². The zero-order valence-electron chi connectivity index (χ0n) is 16.1. The summed E-state index contributed by atoms with van der Waals surface area (Å²) in [7, 11) is 0. The molecule has 2 amide bonds. The summed E-state index contributed by atoms with van der Waals surface area (Å²) in [4.78, 5) is 36.8. The number of carbonyl (C=O) groups excluding carboxylic acids is 3. The van der Waals surface area contributed by atoms with E-state index in [1.807, 2.05) is 6.07 Å². The highest BCUT2D eigenvalue weighted by atomic mass is 32.1. The third-order valence-corrected chi connectivity index (χ3v) is 5.37. The topological polar surface area (TPSA) is 141 Å². The van der Waals surface area contributed by atoms with Crippen molar-refractivity contribution in [2.24, 2.45) is 5.73 Å². The summed E-state index contributed by atoms with van der Waals surface area (Å²) in [6.45, 7) is 3.38.